The third-order valence-electron chi connectivity index (χ3n) is 21.9. The maximum Gasteiger partial charge on any atom is 0.410 e. The molecule has 125 heavy (non-hydrogen) atoms. The van der Waals surface area contributed by atoms with Gasteiger partial charge in [-0.25, -0.2) is 9.59 Å². The van der Waals surface area contributed by atoms with Crippen molar-refractivity contribution in [3.8, 4) is 5.75 Å². The molecule has 3 fully saturated rings. The minimum atomic E-state index is -2.03. The lowest BCUT2D eigenvalue weighted by Gasteiger charge is -2.49. The Bertz CT molecular complexity index is 3410. The number of carboxylic acid groups (broad SMARTS) is 1. The number of carboxylic acids is 1. The van der Waals surface area contributed by atoms with Crippen molar-refractivity contribution in [1.29, 1.82) is 0 Å². The van der Waals surface area contributed by atoms with Crippen molar-refractivity contribution < 1.29 is 149 Å². The molecule has 714 valence electrons. The molecule has 0 bridgehead atoms. The number of hydrogen-bond acceptors (Lipinski definition) is 31. The summed E-state index contributed by atoms with van der Waals surface area (Å²) in [4.78, 5) is 117. The van der Waals surface area contributed by atoms with Crippen molar-refractivity contribution in [2.75, 3.05) is 220 Å². The fourth-order valence-electron chi connectivity index (χ4n) is 14.5. The number of methoxy groups -OCH3 is 3. The SMILES string of the molecule is CC[C@H](C)[C@@H]([C@@H](CC(=O)N1CCC[C@H]1[C@H](OC)[C@@H](C)C(=O)N[C@H](C)[C@@H](O)c1ccccc1)OC)N(C)C(=O)[C@@H](NC(=O)[C@H](C(C)C)N(C)C(=O)OCc1ccc(O[C@@H]2O[C@H](C(=O)O)[C@@H](O)[C@H](O)[C@H]2O)c(CNC(=O)COC2(CN)CN(C(=O)CCOCCOCCOCCOCCOCCOCCOCCOCCOCCOCCOCCOC)C2)c1)C(C)C. The van der Waals surface area contributed by atoms with Crippen LogP contribution in [0.1, 0.15) is 110 Å². The number of aliphatic hydroxyl groups is 4. The van der Waals surface area contributed by atoms with Gasteiger partial charge in [-0.15, -0.1) is 0 Å². The number of likely N-dealkylation sites (N-methyl/N-ethyl adjacent to an activating group) is 2. The van der Waals surface area contributed by atoms with E-state index in [1.54, 1.807) is 84.9 Å². The molecule has 0 radical (unpaired) electrons. The van der Waals surface area contributed by atoms with Gasteiger partial charge in [0.25, 0.3) is 0 Å². The van der Waals surface area contributed by atoms with Gasteiger partial charge < -0.3 is 147 Å². The predicted molar refractivity (Wildman–Crippen MR) is 452 cm³/mol. The maximum absolute atomic E-state index is 15.0. The van der Waals surface area contributed by atoms with Crippen LogP contribution in [-0.4, -0.2) is 392 Å². The zero-order chi connectivity index (χ0) is 91.8. The highest BCUT2D eigenvalue weighted by Crippen LogP contribution is 2.33. The van der Waals surface area contributed by atoms with Crippen LogP contribution in [0.25, 0.3) is 0 Å². The molecule has 3 heterocycles. The van der Waals surface area contributed by atoms with Crippen LogP contribution in [0.15, 0.2) is 48.5 Å². The number of nitrogens with zero attached hydrogens (tertiary/aromatic N) is 4. The van der Waals surface area contributed by atoms with E-state index in [1.807, 2.05) is 19.9 Å². The van der Waals surface area contributed by atoms with Gasteiger partial charge in [-0.1, -0.05) is 91.3 Å². The summed E-state index contributed by atoms with van der Waals surface area (Å²) in [6.45, 7) is 23.2. The minimum Gasteiger partial charge on any atom is -0.479 e. The second kappa shape index (κ2) is 60.0. The highest BCUT2D eigenvalue weighted by atomic mass is 16.7. The zero-order valence-corrected chi connectivity index (χ0v) is 75.4. The Morgan fingerprint density at radius 1 is 0.624 bits per heavy atom. The summed E-state index contributed by atoms with van der Waals surface area (Å²) in [5.74, 6) is -6.35. The molecule has 2 aromatic carbocycles. The number of hydrogen-bond donors (Lipinski definition) is 9. The molecule has 7 amide bonds. The first-order chi connectivity index (χ1) is 60.0. The quantitative estimate of drug-likeness (QED) is 0.0421. The summed E-state index contributed by atoms with van der Waals surface area (Å²) in [6, 6.07) is 9.17. The van der Waals surface area contributed by atoms with Crippen molar-refractivity contribution in [3.05, 3.63) is 65.2 Å². The third-order valence-corrected chi connectivity index (χ3v) is 21.9. The Labute approximate surface area is 735 Å². The lowest BCUT2D eigenvalue weighted by molar-refractivity contribution is -0.271. The van der Waals surface area contributed by atoms with Crippen molar-refractivity contribution in [3.63, 3.8) is 0 Å². The highest BCUT2D eigenvalue weighted by Gasteiger charge is 2.50. The van der Waals surface area contributed by atoms with E-state index in [0.717, 1.165) is 4.90 Å². The van der Waals surface area contributed by atoms with Crippen LogP contribution in [0.4, 0.5) is 4.79 Å². The van der Waals surface area contributed by atoms with Crippen LogP contribution in [0.3, 0.4) is 0 Å². The molecular weight excluding hydrogens is 1640 g/mol. The molecule has 39 nitrogen and oxygen atoms in total. The van der Waals surface area contributed by atoms with E-state index in [9.17, 15) is 63.9 Å². The van der Waals surface area contributed by atoms with Crippen LogP contribution < -0.4 is 26.4 Å². The molecule has 0 saturated carbocycles. The fraction of sp³-hybridized carbons (Fsp3) is 0.767. The molecule has 0 unspecified atom stereocenters. The third kappa shape index (κ3) is 37.2. The number of nitrogens with two attached hydrogens (primary N) is 1. The molecule has 39 heteroatoms. The van der Waals surface area contributed by atoms with Gasteiger partial charge in [0.15, 0.2) is 6.10 Å². The van der Waals surface area contributed by atoms with Crippen LogP contribution in [-0.2, 0) is 127 Å². The summed E-state index contributed by atoms with van der Waals surface area (Å²) in [7, 11) is 7.58. The van der Waals surface area contributed by atoms with E-state index >= 15 is 0 Å². The normalized spacial score (nSPS) is 19.7. The van der Waals surface area contributed by atoms with Crippen molar-refractivity contribution in [1.82, 2.24) is 35.6 Å². The van der Waals surface area contributed by atoms with Crippen LogP contribution in [0.2, 0.25) is 0 Å². The molecule has 0 spiro atoms. The lowest BCUT2D eigenvalue weighted by atomic mass is 9.89. The van der Waals surface area contributed by atoms with Crippen LogP contribution in [0, 0.1) is 23.7 Å². The number of aliphatic carboxylic acids is 1. The molecule has 3 aliphatic rings. The number of ether oxygens (including phenoxy) is 18. The van der Waals surface area contributed by atoms with E-state index in [1.165, 1.54) is 49.3 Å². The molecule has 2 aromatic rings. The average Bonchev–Trinajstić information content (AvgIpc) is 1.28. The molecule has 3 aliphatic heterocycles. The first kappa shape index (κ1) is 108. The summed E-state index contributed by atoms with van der Waals surface area (Å²) in [6.07, 6.45) is -11.6. The van der Waals surface area contributed by atoms with E-state index in [4.69, 9.17) is 91.0 Å². The lowest BCUT2D eigenvalue weighted by Crippen LogP contribution is -2.68. The molecule has 15 atom stereocenters. The van der Waals surface area contributed by atoms with E-state index in [-0.39, 0.29) is 93.8 Å². The standard InChI is InChI=1S/C86H144N8O31/c1-14-59(6)73(67(109-12)50-70(97)94-25-18-21-65(94)78(110-13)60(7)80(102)89-61(8)74(98)63-19-16-15-17-20-63)91(9)82(104)71(57(2)3)90-81(103)72(58(4)5)92(10)85(107)122-52-62-22-23-66(124-84-77(101)75(99)76(100)79(125-84)83(105)106)64(49-62)51-88-68(95)53-123-86(54-87)55-93(56-86)69(96)24-26-111-29-30-113-33-34-115-37-38-117-41-42-119-45-46-121-48-47-120-44-43-118-40-39-116-36-35-114-32-31-112-28-27-108-11/h15-17,19-20,22-23,49,57-61,65,67,71-79,84,98-101H,14,18,21,24-48,50-56,87H2,1-13H3,(H,88,95)(H,89,102)(H,90,103)(H,105,106)/t59-,60+,61+,65-,67+,71-,72-,73-,74+,75-,76-,77+,78+,79-,84+/m0/s1. The first-order valence-electron chi connectivity index (χ1n) is 43.3. The monoisotopic (exact) mass is 1780 g/mol. The average molecular weight is 1790 g/mol. The van der Waals surface area contributed by atoms with E-state index in [0.29, 0.717) is 169 Å². The molecule has 3 saturated heterocycles. The number of carbonyl (C=O) groups is 8. The molecular formula is C86H144N8O31. The van der Waals surface area contributed by atoms with Gasteiger partial charge in [-0.3, -0.25) is 33.7 Å². The Morgan fingerprint density at radius 3 is 1.62 bits per heavy atom. The number of amides is 7. The predicted octanol–water partition coefficient (Wildman–Crippen LogP) is 1.24. The second-order valence-electron chi connectivity index (χ2n) is 31.8. The fourth-order valence-corrected chi connectivity index (χ4v) is 14.5. The van der Waals surface area contributed by atoms with Crippen LogP contribution >= 0.6 is 0 Å². The van der Waals surface area contributed by atoms with Gasteiger partial charge in [-0.2, -0.15) is 0 Å². The molecule has 5 rings (SSSR count). The van der Waals surface area contributed by atoms with Gasteiger partial charge in [0.05, 0.1) is 220 Å². The highest BCUT2D eigenvalue weighted by molar-refractivity contribution is 5.92. The second-order valence-corrected chi connectivity index (χ2v) is 31.8. The topological polar surface area (TPSA) is 479 Å². The summed E-state index contributed by atoms with van der Waals surface area (Å²) >= 11 is 0. The van der Waals surface area contributed by atoms with Gasteiger partial charge in [-0.05, 0) is 60.8 Å². The smallest absolute Gasteiger partial charge is 0.410 e. The van der Waals surface area contributed by atoms with E-state index in [2.05, 4.69) is 16.0 Å². The van der Waals surface area contributed by atoms with Crippen molar-refractivity contribution in [2.24, 2.45) is 29.4 Å². The summed E-state index contributed by atoms with van der Waals surface area (Å²) in [5, 5.41) is 61.3. The summed E-state index contributed by atoms with van der Waals surface area (Å²) < 4.78 is 101. The van der Waals surface area contributed by atoms with Crippen LogP contribution in [0.5, 0.6) is 5.75 Å². The number of aliphatic hydroxyl groups excluding tert-OH is 4. The molecule has 10 N–H and O–H groups in total. The number of benzene rings is 2. The van der Waals surface area contributed by atoms with Crippen molar-refractivity contribution in [2.45, 2.75) is 185 Å². The van der Waals surface area contributed by atoms with Gasteiger partial charge in [0, 0.05) is 60.6 Å². The first-order valence-corrected chi connectivity index (χ1v) is 43.3. The molecule has 0 aromatic heterocycles. The van der Waals surface area contributed by atoms with Crippen molar-refractivity contribution >= 4 is 47.5 Å². The van der Waals surface area contributed by atoms with Gasteiger partial charge >= 0.3 is 12.1 Å². The number of carbonyl (C=O) groups excluding carboxylic acids is 7. The Morgan fingerprint density at radius 2 is 1.14 bits per heavy atom. The van der Waals surface area contributed by atoms with E-state index < -0.39 is 146 Å². The van der Waals surface area contributed by atoms with Gasteiger partial charge in [0.2, 0.25) is 41.7 Å². The number of rotatable bonds is 67. The molecule has 0 aliphatic carbocycles. The summed E-state index contributed by atoms with van der Waals surface area (Å²) in [5.41, 5.74) is 6.19. The Kier molecular flexibility index (Phi) is 52.0. The largest absolute Gasteiger partial charge is 0.479 e. The Balaban J connectivity index is 1.03. The van der Waals surface area contributed by atoms with Gasteiger partial charge in [0.1, 0.15) is 55.0 Å². The maximum atomic E-state index is 15.0. The minimum absolute atomic E-state index is 0.0365. The number of likely N-dealkylation sites (tertiary alicyclic amines) is 2. The zero-order valence-electron chi connectivity index (χ0n) is 75.4. The Hall–Kier alpha value is -7.04. The number of nitrogens with one attached hydrogen (secondary N) is 3.